The number of aromatic nitrogens is 1. The Morgan fingerprint density at radius 1 is 1.00 bits per heavy atom. The lowest BCUT2D eigenvalue weighted by atomic mass is 10.2. The van der Waals surface area contributed by atoms with Crippen LogP contribution in [0.3, 0.4) is 0 Å². The van der Waals surface area contributed by atoms with E-state index in [4.69, 9.17) is 4.98 Å². The summed E-state index contributed by atoms with van der Waals surface area (Å²) in [5, 5.41) is 3.31. The van der Waals surface area contributed by atoms with Crippen LogP contribution in [0.1, 0.15) is 5.56 Å². The molecule has 0 aromatic heterocycles. The van der Waals surface area contributed by atoms with E-state index in [1.165, 1.54) is 5.56 Å². The van der Waals surface area contributed by atoms with E-state index >= 15 is 0 Å². The highest BCUT2D eigenvalue weighted by Crippen LogP contribution is 2.35. The molecule has 0 saturated heterocycles. The van der Waals surface area contributed by atoms with Gasteiger partial charge in [-0.25, -0.2) is 4.98 Å². The number of rotatable bonds is 2. The summed E-state index contributed by atoms with van der Waals surface area (Å²) in [4.78, 5) is 17.7. The average molecular weight is 318 g/mol. The van der Waals surface area contributed by atoms with Crippen molar-refractivity contribution >= 4 is 32.9 Å². The first-order chi connectivity index (χ1) is 11.2. The summed E-state index contributed by atoms with van der Waals surface area (Å²) >= 11 is 1.60. The van der Waals surface area contributed by atoms with Crippen molar-refractivity contribution in [2.45, 2.75) is 6.92 Å². The quantitative estimate of drug-likeness (QED) is 0.539. The number of hydrogen-bond donors (Lipinski definition) is 1. The molecule has 0 atom stereocenters. The van der Waals surface area contributed by atoms with Crippen LogP contribution in [0.2, 0.25) is 0 Å². The Morgan fingerprint density at radius 3 is 2.65 bits per heavy atom. The van der Waals surface area contributed by atoms with E-state index in [0.29, 0.717) is 0 Å². The fourth-order valence-corrected chi connectivity index (χ4v) is 3.71. The highest BCUT2D eigenvalue weighted by Gasteiger charge is 2.14. The van der Waals surface area contributed by atoms with Gasteiger partial charge in [0.05, 0.1) is 20.8 Å². The van der Waals surface area contributed by atoms with Gasteiger partial charge in [-0.15, -0.1) is 11.3 Å². The van der Waals surface area contributed by atoms with Gasteiger partial charge in [-0.3, -0.25) is 4.79 Å². The van der Waals surface area contributed by atoms with Gasteiger partial charge in [-0.1, -0.05) is 24.3 Å². The Bertz CT molecular complexity index is 1020. The second-order valence-electron chi connectivity index (χ2n) is 5.49. The molecule has 23 heavy (non-hydrogen) atoms. The lowest BCUT2D eigenvalue weighted by Crippen LogP contribution is -2.04. The number of nitrogens with zero attached hydrogens (tertiary/aromatic N) is 1. The minimum atomic E-state index is -0.0130. The molecule has 1 aliphatic heterocycles. The molecule has 0 radical (unpaired) electrons. The summed E-state index contributed by atoms with van der Waals surface area (Å²) < 4.78 is 1.09. The van der Waals surface area contributed by atoms with E-state index < -0.39 is 0 Å². The number of aryl methyl sites for hydroxylation is 1. The molecule has 0 saturated carbocycles. The Labute approximate surface area is 137 Å². The molecular formula is C19H14N2OS. The Kier molecular flexibility index (Phi) is 3.32. The number of anilines is 2. The maximum Gasteiger partial charge on any atom is 0.182 e. The summed E-state index contributed by atoms with van der Waals surface area (Å²) in [7, 11) is 0. The average Bonchev–Trinajstić information content (AvgIpc) is 2.54. The van der Waals surface area contributed by atoms with Gasteiger partial charge in [0.2, 0.25) is 0 Å². The van der Waals surface area contributed by atoms with Crippen molar-refractivity contribution in [2.24, 2.45) is 0 Å². The highest BCUT2D eigenvalue weighted by atomic mass is 32.1. The Morgan fingerprint density at radius 2 is 1.83 bits per heavy atom. The molecular weight excluding hydrogens is 304 g/mol. The largest absolute Gasteiger partial charge is 0.354 e. The van der Waals surface area contributed by atoms with Crippen LogP contribution in [0, 0.1) is 6.92 Å². The predicted molar refractivity (Wildman–Crippen MR) is 97.0 cm³/mol. The normalized spacial score (nSPS) is 11.0. The molecule has 3 nitrogen and oxygen atoms in total. The first-order valence-corrected chi connectivity index (χ1v) is 8.18. The summed E-state index contributed by atoms with van der Waals surface area (Å²) in [6.07, 6.45) is 0. The van der Waals surface area contributed by atoms with Crippen LogP contribution >= 0.6 is 11.3 Å². The summed E-state index contributed by atoms with van der Waals surface area (Å²) in [6, 6.07) is 19.3. The van der Waals surface area contributed by atoms with Crippen molar-refractivity contribution in [3.63, 3.8) is 0 Å². The first kappa shape index (κ1) is 13.9. The number of hydrogen-bond acceptors (Lipinski definition) is 4. The zero-order chi connectivity index (χ0) is 15.8. The molecule has 0 fully saturated rings. The number of nitrogens with one attached hydrogen (secondary N) is 1. The van der Waals surface area contributed by atoms with E-state index in [1.807, 2.05) is 36.4 Å². The Balaban J connectivity index is 1.94. The van der Waals surface area contributed by atoms with Crippen LogP contribution in [0.5, 0.6) is 0 Å². The van der Waals surface area contributed by atoms with Gasteiger partial charge in [0.1, 0.15) is 5.69 Å². The van der Waals surface area contributed by atoms with Crippen molar-refractivity contribution in [3.8, 4) is 10.6 Å². The fourth-order valence-electron chi connectivity index (χ4n) is 2.58. The van der Waals surface area contributed by atoms with Crippen LogP contribution in [0.15, 0.2) is 65.5 Å². The second-order valence-corrected chi connectivity index (χ2v) is 6.58. The monoisotopic (exact) mass is 318 g/mol. The summed E-state index contributed by atoms with van der Waals surface area (Å²) in [5.74, 6) is 0. The topological polar surface area (TPSA) is 42.0 Å². The third-order valence-corrected chi connectivity index (χ3v) is 4.75. The summed E-state index contributed by atoms with van der Waals surface area (Å²) in [6.45, 7) is 2.06. The van der Waals surface area contributed by atoms with Crippen molar-refractivity contribution < 1.29 is 0 Å². The minimum absolute atomic E-state index is 0.0130. The van der Waals surface area contributed by atoms with Crippen molar-refractivity contribution in [3.05, 3.63) is 76.5 Å². The molecule has 0 spiro atoms. The highest BCUT2D eigenvalue weighted by molar-refractivity contribution is 7.21. The van der Waals surface area contributed by atoms with Gasteiger partial charge in [-0.05, 0) is 36.8 Å². The van der Waals surface area contributed by atoms with Crippen molar-refractivity contribution in [1.29, 1.82) is 0 Å². The van der Waals surface area contributed by atoms with Gasteiger partial charge in [0, 0.05) is 17.8 Å². The molecule has 1 N–H and O–H groups in total. The van der Waals surface area contributed by atoms with Crippen molar-refractivity contribution in [1.82, 2.24) is 4.98 Å². The molecule has 1 heterocycles. The third kappa shape index (κ3) is 2.69. The maximum atomic E-state index is 12.0. The van der Waals surface area contributed by atoms with Gasteiger partial charge in [-0.2, -0.15) is 0 Å². The molecule has 4 rings (SSSR count). The molecule has 4 heteroatoms. The van der Waals surface area contributed by atoms with Crippen LogP contribution in [-0.2, 0) is 0 Å². The van der Waals surface area contributed by atoms with Gasteiger partial charge in [0.15, 0.2) is 5.43 Å². The SMILES string of the molecule is Cc1ccc2nc3c(Nc4ccccc4)cc(=O)cc-3sc2c1. The number of para-hydroxylation sites is 1. The smallest absolute Gasteiger partial charge is 0.182 e. The molecule has 112 valence electrons. The Hall–Kier alpha value is -2.72. The lowest BCUT2D eigenvalue weighted by molar-refractivity contribution is 1.38. The molecule has 0 unspecified atom stereocenters. The van der Waals surface area contributed by atoms with E-state index in [9.17, 15) is 4.79 Å². The van der Waals surface area contributed by atoms with Crippen LogP contribution in [-0.4, -0.2) is 4.98 Å². The second kappa shape index (κ2) is 5.48. The molecule has 0 bridgehead atoms. The van der Waals surface area contributed by atoms with E-state index in [2.05, 4.69) is 24.4 Å². The zero-order valence-electron chi connectivity index (χ0n) is 12.5. The first-order valence-electron chi connectivity index (χ1n) is 7.36. The molecule has 0 amide bonds. The number of fused-ring (bicyclic) bond motifs is 2. The van der Waals surface area contributed by atoms with Gasteiger partial charge >= 0.3 is 0 Å². The molecule has 2 aromatic carbocycles. The van der Waals surface area contributed by atoms with Crippen LogP contribution in [0.4, 0.5) is 11.4 Å². The molecule has 2 aliphatic rings. The standard InChI is InChI=1S/C19H14N2OS/c1-12-7-8-15-17(9-12)23-18-11-14(22)10-16(19(18)21-15)20-13-5-3-2-4-6-13/h2-11,20H,1H3. The van der Waals surface area contributed by atoms with Crippen LogP contribution < -0.4 is 10.7 Å². The fraction of sp³-hybridized carbons (Fsp3) is 0.0526. The minimum Gasteiger partial charge on any atom is -0.354 e. The lowest BCUT2D eigenvalue weighted by Gasteiger charge is -2.13. The zero-order valence-corrected chi connectivity index (χ0v) is 13.4. The van der Waals surface area contributed by atoms with Gasteiger partial charge < -0.3 is 5.32 Å². The van der Waals surface area contributed by atoms with Crippen molar-refractivity contribution in [2.75, 3.05) is 5.32 Å². The molecule has 1 aliphatic carbocycles. The van der Waals surface area contributed by atoms with Gasteiger partial charge in [0.25, 0.3) is 0 Å². The summed E-state index contributed by atoms with van der Waals surface area (Å²) in [5.41, 5.74) is 4.64. The number of benzene rings is 3. The van der Waals surface area contributed by atoms with Crippen LogP contribution in [0.25, 0.3) is 20.8 Å². The maximum absolute atomic E-state index is 12.0. The van der Waals surface area contributed by atoms with E-state index in [0.717, 1.165) is 32.2 Å². The third-order valence-electron chi connectivity index (χ3n) is 3.67. The molecule has 2 aromatic rings. The predicted octanol–water partition coefficient (Wildman–Crippen LogP) is 4.81. The van der Waals surface area contributed by atoms with E-state index in [-0.39, 0.29) is 5.43 Å². The van der Waals surface area contributed by atoms with E-state index in [1.54, 1.807) is 23.5 Å².